The van der Waals surface area contributed by atoms with Crippen molar-refractivity contribution in [3.8, 4) is 0 Å². The molecule has 4 heterocycles. The molecule has 2 aromatic heterocycles. The van der Waals surface area contributed by atoms with Crippen LogP contribution in [-0.4, -0.2) is 45.3 Å². The van der Waals surface area contributed by atoms with E-state index in [2.05, 4.69) is 20.9 Å². The van der Waals surface area contributed by atoms with Gasteiger partial charge >= 0.3 is 0 Å². The number of aromatic nitrogens is 2. The van der Waals surface area contributed by atoms with E-state index in [0.717, 1.165) is 43.9 Å². The Kier molecular flexibility index (Phi) is 4.26. The van der Waals surface area contributed by atoms with Gasteiger partial charge in [0.05, 0.1) is 11.6 Å². The van der Waals surface area contributed by atoms with Crippen LogP contribution < -0.4 is 0 Å². The number of likely N-dealkylation sites (tertiary alicyclic amines) is 2. The number of hydrogen-bond acceptors (Lipinski definition) is 4. The van der Waals surface area contributed by atoms with E-state index < -0.39 is 0 Å². The van der Waals surface area contributed by atoms with Gasteiger partial charge in [-0.1, -0.05) is 12.1 Å². The molecule has 0 unspecified atom stereocenters. The molecule has 0 spiro atoms. The van der Waals surface area contributed by atoms with Gasteiger partial charge in [0, 0.05) is 51.3 Å². The van der Waals surface area contributed by atoms with Gasteiger partial charge in [-0.25, -0.2) is 0 Å². The molecule has 2 fully saturated rings. The fourth-order valence-electron chi connectivity index (χ4n) is 3.92. The highest BCUT2D eigenvalue weighted by molar-refractivity contribution is 5.80. The summed E-state index contributed by atoms with van der Waals surface area (Å²) in [5.41, 5.74) is 2.18. The Morgan fingerprint density at radius 2 is 2.04 bits per heavy atom. The van der Waals surface area contributed by atoms with Crippen LogP contribution >= 0.6 is 0 Å². The first-order valence-corrected chi connectivity index (χ1v) is 8.59. The Labute approximate surface area is 142 Å². The van der Waals surface area contributed by atoms with Crippen LogP contribution in [0.2, 0.25) is 0 Å². The second-order valence-electron chi connectivity index (χ2n) is 6.79. The van der Waals surface area contributed by atoms with Gasteiger partial charge in [0.25, 0.3) is 0 Å². The maximum absolute atomic E-state index is 12.9. The number of fused-ring (bicyclic) bond motifs is 1. The second-order valence-corrected chi connectivity index (χ2v) is 6.79. The number of hydrogen-bond donors (Lipinski definition) is 0. The Bertz CT molecular complexity index is 691. The molecule has 5 heteroatoms. The molecule has 0 radical (unpaired) electrons. The lowest BCUT2D eigenvalue weighted by Gasteiger charge is -2.33. The number of carbonyl (C=O) groups excluding carboxylic acids is 1. The summed E-state index contributed by atoms with van der Waals surface area (Å²) in [7, 11) is 0. The summed E-state index contributed by atoms with van der Waals surface area (Å²) in [6.45, 7) is 4.23. The van der Waals surface area contributed by atoms with Crippen molar-refractivity contribution in [2.75, 3.05) is 19.6 Å². The quantitative estimate of drug-likeness (QED) is 0.863. The summed E-state index contributed by atoms with van der Waals surface area (Å²) < 4.78 is 0. The summed E-state index contributed by atoms with van der Waals surface area (Å²) in [5, 5.41) is 0. The van der Waals surface area contributed by atoms with Crippen molar-refractivity contribution in [1.82, 2.24) is 19.8 Å². The molecule has 0 saturated carbocycles. The lowest BCUT2D eigenvalue weighted by Crippen LogP contribution is -2.44. The van der Waals surface area contributed by atoms with Gasteiger partial charge in [0.2, 0.25) is 5.91 Å². The third-order valence-corrected chi connectivity index (χ3v) is 5.12. The molecular weight excluding hydrogens is 300 g/mol. The lowest BCUT2D eigenvalue weighted by molar-refractivity contribution is -0.140. The van der Waals surface area contributed by atoms with Gasteiger partial charge < -0.3 is 4.90 Å². The third kappa shape index (κ3) is 3.17. The van der Waals surface area contributed by atoms with Crippen molar-refractivity contribution in [3.63, 3.8) is 0 Å². The second kappa shape index (κ2) is 6.69. The Hall–Kier alpha value is -2.27. The van der Waals surface area contributed by atoms with Crippen LogP contribution in [0.5, 0.6) is 0 Å². The van der Waals surface area contributed by atoms with E-state index in [0.29, 0.717) is 18.4 Å². The molecule has 2 atom stereocenters. The molecule has 0 aliphatic carbocycles. The molecule has 124 valence electrons. The average molecular weight is 322 g/mol. The predicted octanol–water partition coefficient (Wildman–Crippen LogP) is 1.96. The van der Waals surface area contributed by atoms with E-state index in [4.69, 9.17) is 0 Å². The molecule has 2 aliphatic heterocycles. The van der Waals surface area contributed by atoms with Gasteiger partial charge in [-0.2, -0.15) is 0 Å². The fourth-order valence-corrected chi connectivity index (χ4v) is 3.92. The SMILES string of the molecule is O=C1[C@H]2CN(Cc3ccccn3)C[C@@H]2CCN1Cc1cccnc1. The zero-order valence-electron chi connectivity index (χ0n) is 13.7. The number of amides is 1. The number of carbonyl (C=O) groups is 1. The van der Waals surface area contributed by atoms with Gasteiger partial charge in [0.15, 0.2) is 0 Å². The first-order valence-electron chi connectivity index (χ1n) is 8.59. The monoisotopic (exact) mass is 322 g/mol. The van der Waals surface area contributed by atoms with Crippen LogP contribution in [0.3, 0.4) is 0 Å². The summed E-state index contributed by atoms with van der Waals surface area (Å²) >= 11 is 0. The minimum Gasteiger partial charge on any atom is -0.338 e. The third-order valence-electron chi connectivity index (χ3n) is 5.12. The van der Waals surface area contributed by atoms with Crippen LogP contribution in [0.1, 0.15) is 17.7 Å². The van der Waals surface area contributed by atoms with Crippen molar-refractivity contribution < 1.29 is 4.79 Å². The van der Waals surface area contributed by atoms with Crippen LogP contribution in [0.25, 0.3) is 0 Å². The summed E-state index contributed by atoms with van der Waals surface area (Å²) in [6, 6.07) is 9.98. The molecule has 2 aliphatic rings. The minimum absolute atomic E-state index is 0.138. The zero-order valence-corrected chi connectivity index (χ0v) is 13.7. The Morgan fingerprint density at radius 1 is 1.08 bits per heavy atom. The van der Waals surface area contributed by atoms with E-state index in [1.807, 2.05) is 41.6 Å². The van der Waals surface area contributed by atoms with Crippen LogP contribution in [-0.2, 0) is 17.9 Å². The number of nitrogens with zero attached hydrogens (tertiary/aromatic N) is 4. The van der Waals surface area contributed by atoms with Crippen LogP contribution in [0, 0.1) is 11.8 Å². The number of piperidine rings is 1. The van der Waals surface area contributed by atoms with Gasteiger partial charge in [-0.05, 0) is 36.1 Å². The molecule has 2 saturated heterocycles. The molecular formula is C19H22N4O. The molecule has 4 rings (SSSR count). The Morgan fingerprint density at radius 3 is 2.83 bits per heavy atom. The van der Waals surface area contributed by atoms with Gasteiger partial charge in [-0.15, -0.1) is 0 Å². The highest BCUT2D eigenvalue weighted by atomic mass is 16.2. The largest absolute Gasteiger partial charge is 0.338 e. The fraction of sp³-hybridized carbons (Fsp3) is 0.421. The maximum atomic E-state index is 12.9. The maximum Gasteiger partial charge on any atom is 0.227 e. The number of rotatable bonds is 4. The van der Waals surface area contributed by atoms with E-state index in [1.54, 1.807) is 6.20 Å². The van der Waals surface area contributed by atoms with Crippen LogP contribution in [0.4, 0.5) is 0 Å². The summed E-state index contributed by atoms with van der Waals surface area (Å²) in [6.07, 6.45) is 6.54. The number of pyridine rings is 2. The molecule has 24 heavy (non-hydrogen) atoms. The van der Waals surface area contributed by atoms with E-state index in [1.165, 1.54) is 0 Å². The molecule has 0 aromatic carbocycles. The van der Waals surface area contributed by atoms with Crippen molar-refractivity contribution in [3.05, 3.63) is 60.2 Å². The summed E-state index contributed by atoms with van der Waals surface area (Å²) in [5.74, 6) is 0.934. The molecule has 1 amide bonds. The van der Waals surface area contributed by atoms with E-state index >= 15 is 0 Å². The first-order chi connectivity index (χ1) is 11.8. The molecule has 0 bridgehead atoms. The molecule has 0 N–H and O–H groups in total. The van der Waals surface area contributed by atoms with Gasteiger partial charge in [-0.3, -0.25) is 19.7 Å². The minimum atomic E-state index is 0.138. The summed E-state index contributed by atoms with van der Waals surface area (Å²) in [4.78, 5) is 25.8. The molecule has 2 aromatic rings. The zero-order chi connectivity index (χ0) is 16.4. The van der Waals surface area contributed by atoms with Crippen LogP contribution in [0.15, 0.2) is 48.9 Å². The van der Waals surface area contributed by atoms with Crippen molar-refractivity contribution in [2.24, 2.45) is 11.8 Å². The van der Waals surface area contributed by atoms with Crippen molar-refractivity contribution in [1.29, 1.82) is 0 Å². The predicted molar refractivity (Wildman–Crippen MR) is 90.8 cm³/mol. The molecule has 5 nitrogen and oxygen atoms in total. The Balaban J connectivity index is 1.40. The first kappa shape index (κ1) is 15.3. The van der Waals surface area contributed by atoms with Crippen molar-refractivity contribution in [2.45, 2.75) is 19.5 Å². The lowest BCUT2D eigenvalue weighted by atomic mass is 9.88. The topological polar surface area (TPSA) is 49.3 Å². The highest BCUT2D eigenvalue weighted by Crippen LogP contribution is 2.33. The van der Waals surface area contributed by atoms with Crippen molar-refractivity contribution >= 4 is 5.91 Å². The average Bonchev–Trinajstić information content (AvgIpc) is 3.03. The highest BCUT2D eigenvalue weighted by Gasteiger charge is 2.42. The van der Waals surface area contributed by atoms with Gasteiger partial charge in [0.1, 0.15) is 0 Å². The smallest absolute Gasteiger partial charge is 0.227 e. The normalized spacial score (nSPS) is 24.2. The van der Waals surface area contributed by atoms with E-state index in [9.17, 15) is 4.79 Å². The van der Waals surface area contributed by atoms with E-state index in [-0.39, 0.29) is 5.92 Å². The standard InChI is InChI=1S/C19H22N4O/c24-19-18-14-22(13-17-5-1-2-8-21-17)12-16(18)6-9-23(19)11-15-4-3-7-20-10-15/h1-5,7-8,10,16,18H,6,9,11-14H2/t16-,18-/m0/s1.